The number of ether oxygens (including phenoxy) is 1. The number of phenolic OH excluding ortho intramolecular Hbond substituents is 1. The molecule has 0 bridgehead atoms. The number of nitrogens with zero attached hydrogens (tertiary/aromatic N) is 1. The SMILES string of the molecule is CN(CCc1ccccc1)C[C@@H]1OC[C@H](NCc2ccccc2O)[C@H]1O. The molecular formula is C21H28N2O3. The molecule has 0 unspecified atom stereocenters. The summed E-state index contributed by atoms with van der Waals surface area (Å²) in [5, 5.41) is 23.7. The molecule has 1 fully saturated rings. The molecule has 26 heavy (non-hydrogen) atoms. The van der Waals surface area contributed by atoms with Gasteiger partial charge in [-0.2, -0.15) is 0 Å². The summed E-state index contributed by atoms with van der Waals surface area (Å²) in [6, 6.07) is 17.5. The minimum atomic E-state index is -0.556. The summed E-state index contributed by atoms with van der Waals surface area (Å²) in [4.78, 5) is 2.20. The van der Waals surface area contributed by atoms with Gasteiger partial charge in [-0.15, -0.1) is 0 Å². The largest absolute Gasteiger partial charge is 0.508 e. The van der Waals surface area contributed by atoms with Crippen molar-refractivity contribution in [3.63, 3.8) is 0 Å². The highest BCUT2D eigenvalue weighted by Gasteiger charge is 2.36. The average molecular weight is 356 g/mol. The van der Waals surface area contributed by atoms with Gasteiger partial charge in [0.2, 0.25) is 0 Å². The van der Waals surface area contributed by atoms with Crippen LogP contribution in [0.25, 0.3) is 0 Å². The standard InChI is InChI=1S/C21H28N2O3/c1-23(12-11-16-7-3-2-4-8-16)14-20-21(25)18(15-26-20)22-13-17-9-5-6-10-19(17)24/h2-10,18,20-22,24-25H,11-15H2,1H3/t18-,20-,21+/m0/s1. The van der Waals surface area contributed by atoms with E-state index in [2.05, 4.69) is 41.5 Å². The minimum absolute atomic E-state index is 0.123. The van der Waals surface area contributed by atoms with E-state index in [-0.39, 0.29) is 17.9 Å². The highest BCUT2D eigenvalue weighted by Crippen LogP contribution is 2.19. The van der Waals surface area contributed by atoms with Crippen LogP contribution in [0.2, 0.25) is 0 Å². The lowest BCUT2D eigenvalue weighted by Gasteiger charge is -2.24. The molecule has 0 amide bonds. The molecule has 5 nitrogen and oxygen atoms in total. The number of phenols is 1. The molecular weight excluding hydrogens is 328 g/mol. The molecule has 1 aliphatic heterocycles. The summed E-state index contributed by atoms with van der Waals surface area (Å²) >= 11 is 0. The lowest BCUT2D eigenvalue weighted by Crippen LogP contribution is -2.44. The first kappa shape index (κ1) is 18.9. The molecule has 0 spiro atoms. The Bertz CT molecular complexity index is 680. The number of hydrogen-bond donors (Lipinski definition) is 3. The topological polar surface area (TPSA) is 65.0 Å². The van der Waals surface area contributed by atoms with Crippen molar-refractivity contribution in [2.45, 2.75) is 31.2 Å². The zero-order valence-corrected chi connectivity index (χ0v) is 15.2. The van der Waals surface area contributed by atoms with Gasteiger partial charge < -0.3 is 25.2 Å². The van der Waals surface area contributed by atoms with Crippen LogP contribution in [0.15, 0.2) is 54.6 Å². The highest BCUT2D eigenvalue weighted by atomic mass is 16.5. The molecule has 3 N–H and O–H groups in total. The Morgan fingerprint density at radius 1 is 1.12 bits per heavy atom. The molecule has 3 rings (SSSR count). The van der Waals surface area contributed by atoms with Crippen molar-refractivity contribution in [3.05, 3.63) is 65.7 Å². The third-order valence-electron chi connectivity index (χ3n) is 4.95. The number of benzene rings is 2. The molecule has 1 heterocycles. The predicted molar refractivity (Wildman–Crippen MR) is 102 cm³/mol. The zero-order chi connectivity index (χ0) is 18.4. The third kappa shape index (κ3) is 5.05. The molecule has 0 saturated carbocycles. The number of para-hydroxylation sites is 1. The number of aromatic hydroxyl groups is 1. The first-order valence-corrected chi connectivity index (χ1v) is 9.16. The second-order valence-electron chi connectivity index (χ2n) is 6.98. The van der Waals surface area contributed by atoms with Gasteiger partial charge in [0.25, 0.3) is 0 Å². The second kappa shape index (κ2) is 9.14. The Labute approximate surface area is 155 Å². The Morgan fingerprint density at radius 2 is 1.85 bits per heavy atom. The zero-order valence-electron chi connectivity index (χ0n) is 15.2. The van der Waals surface area contributed by atoms with Crippen LogP contribution in [0, 0.1) is 0 Å². The maximum absolute atomic E-state index is 10.6. The Kier molecular flexibility index (Phi) is 6.63. The van der Waals surface area contributed by atoms with Crippen molar-refractivity contribution in [2.75, 3.05) is 26.7 Å². The van der Waals surface area contributed by atoms with E-state index in [0.717, 1.165) is 18.5 Å². The Hall–Kier alpha value is -1.92. The van der Waals surface area contributed by atoms with Crippen molar-refractivity contribution in [3.8, 4) is 5.75 Å². The predicted octanol–water partition coefficient (Wildman–Crippen LogP) is 1.78. The van der Waals surface area contributed by atoms with Gasteiger partial charge in [-0.25, -0.2) is 0 Å². The van der Waals surface area contributed by atoms with Crippen molar-refractivity contribution in [1.82, 2.24) is 10.2 Å². The lowest BCUT2D eigenvalue weighted by atomic mass is 10.1. The monoisotopic (exact) mass is 356 g/mol. The van der Waals surface area contributed by atoms with Crippen molar-refractivity contribution in [2.24, 2.45) is 0 Å². The number of aliphatic hydroxyl groups excluding tert-OH is 1. The van der Waals surface area contributed by atoms with Crippen LogP contribution >= 0.6 is 0 Å². The summed E-state index contributed by atoms with van der Waals surface area (Å²) in [7, 11) is 2.06. The number of aliphatic hydroxyl groups is 1. The smallest absolute Gasteiger partial charge is 0.120 e. The molecule has 2 aromatic carbocycles. The van der Waals surface area contributed by atoms with Crippen molar-refractivity contribution >= 4 is 0 Å². The van der Waals surface area contributed by atoms with E-state index in [1.807, 2.05) is 18.2 Å². The van der Waals surface area contributed by atoms with Crippen molar-refractivity contribution < 1.29 is 14.9 Å². The molecule has 2 aromatic rings. The van der Waals surface area contributed by atoms with E-state index in [1.54, 1.807) is 12.1 Å². The minimum Gasteiger partial charge on any atom is -0.508 e. The van der Waals surface area contributed by atoms with E-state index in [4.69, 9.17) is 4.74 Å². The molecule has 1 aliphatic rings. The molecule has 140 valence electrons. The van der Waals surface area contributed by atoms with E-state index in [0.29, 0.717) is 19.7 Å². The molecule has 0 aliphatic carbocycles. The lowest BCUT2D eigenvalue weighted by molar-refractivity contribution is 0.0202. The van der Waals surface area contributed by atoms with Crippen LogP contribution in [0.5, 0.6) is 5.75 Å². The summed E-state index contributed by atoms with van der Waals surface area (Å²) in [6.07, 6.45) is 0.229. The molecule has 5 heteroatoms. The Morgan fingerprint density at radius 3 is 2.62 bits per heavy atom. The summed E-state index contributed by atoms with van der Waals surface area (Å²) < 4.78 is 5.80. The van der Waals surface area contributed by atoms with Gasteiger partial charge >= 0.3 is 0 Å². The van der Waals surface area contributed by atoms with E-state index in [9.17, 15) is 10.2 Å². The number of hydrogen-bond acceptors (Lipinski definition) is 5. The van der Waals surface area contributed by atoms with Gasteiger partial charge in [-0.05, 0) is 25.1 Å². The summed E-state index contributed by atoms with van der Waals surface area (Å²) in [6.45, 7) is 2.61. The molecule has 1 saturated heterocycles. The van der Waals surface area contributed by atoms with Gasteiger partial charge in [0.1, 0.15) is 5.75 Å². The van der Waals surface area contributed by atoms with Gasteiger partial charge in [0, 0.05) is 25.2 Å². The van der Waals surface area contributed by atoms with E-state index < -0.39 is 6.10 Å². The third-order valence-corrected chi connectivity index (χ3v) is 4.95. The first-order valence-electron chi connectivity index (χ1n) is 9.16. The van der Waals surface area contributed by atoms with E-state index in [1.165, 1.54) is 5.56 Å². The van der Waals surface area contributed by atoms with Crippen LogP contribution in [-0.2, 0) is 17.7 Å². The normalized spacial score (nSPS) is 22.8. The van der Waals surface area contributed by atoms with E-state index >= 15 is 0 Å². The first-order chi connectivity index (χ1) is 12.6. The number of likely N-dealkylation sites (N-methyl/N-ethyl adjacent to an activating group) is 1. The van der Waals surface area contributed by atoms with Crippen molar-refractivity contribution in [1.29, 1.82) is 0 Å². The van der Waals surface area contributed by atoms with Crippen LogP contribution in [0.1, 0.15) is 11.1 Å². The number of nitrogens with one attached hydrogen (secondary N) is 1. The highest BCUT2D eigenvalue weighted by molar-refractivity contribution is 5.31. The molecule has 0 radical (unpaired) electrons. The van der Waals surface area contributed by atoms with Gasteiger partial charge in [0.15, 0.2) is 0 Å². The number of rotatable bonds is 8. The van der Waals surface area contributed by atoms with Gasteiger partial charge in [-0.1, -0.05) is 48.5 Å². The van der Waals surface area contributed by atoms with Gasteiger partial charge in [0.05, 0.1) is 24.9 Å². The fraction of sp³-hybridized carbons (Fsp3) is 0.429. The summed E-state index contributed by atoms with van der Waals surface area (Å²) in [5.74, 6) is 0.269. The Balaban J connectivity index is 1.43. The van der Waals surface area contributed by atoms with Gasteiger partial charge in [-0.3, -0.25) is 0 Å². The summed E-state index contributed by atoms with van der Waals surface area (Å²) in [5.41, 5.74) is 2.14. The van der Waals surface area contributed by atoms with Crippen LogP contribution in [0.4, 0.5) is 0 Å². The maximum Gasteiger partial charge on any atom is 0.120 e. The fourth-order valence-electron chi connectivity index (χ4n) is 3.29. The molecule has 3 atom stereocenters. The fourth-order valence-corrected chi connectivity index (χ4v) is 3.29. The van der Waals surface area contributed by atoms with Crippen LogP contribution in [-0.4, -0.2) is 60.1 Å². The second-order valence-corrected chi connectivity index (χ2v) is 6.98. The van der Waals surface area contributed by atoms with Crippen LogP contribution in [0.3, 0.4) is 0 Å². The average Bonchev–Trinajstić information content (AvgIpc) is 3.00. The molecule has 0 aromatic heterocycles. The van der Waals surface area contributed by atoms with Crippen LogP contribution < -0.4 is 5.32 Å². The maximum atomic E-state index is 10.6. The quantitative estimate of drug-likeness (QED) is 0.673.